The minimum Gasteiger partial charge on any atom is -1.00 e. The van der Waals surface area contributed by atoms with Crippen molar-refractivity contribution >= 4 is 12.1 Å². The lowest BCUT2D eigenvalue weighted by Crippen LogP contribution is -3.00. The van der Waals surface area contributed by atoms with Crippen LogP contribution in [0.5, 0.6) is 0 Å². The number of nitrogens with one attached hydrogen (secondary N) is 1. The molecule has 1 amide bonds. The van der Waals surface area contributed by atoms with Crippen molar-refractivity contribution in [2.75, 3.05) is 34.2 Å². The second-order valence-electron chi connectivity index (χ2n) is 5.82. The summed E-state index contributed by atoms with van der Waals surface area (Å²) in [6.07, 6.45) is 3.99. The summed E-state index contributed by atoms with van der Waals surface area (Å²) in [6, 6.07) is 3.43. The molecule has 0 aliphatic carbocycles. The molecule has 0 aromatic carbocycles. The first-order valence-electron chi connectivity index (χ1n) is 6.59. The van der Waals surface area contributed by atoms with Gasteiger partial charge < -0.3 is 63.0 Å². The average Bonchev–Trinajstić information content (AvgIpc) is 2.36. The predicted molar refractivity (Wildman–Crippen MR) is 76.8 cm³/mol. The largest absolute Gasteiger partial charge is 1.00 e. The number of pyridine rings is 1. The van der Waals surface area contributed by atoms with Crippen molar-refractivity contribution in [1.82, 2.24) is 5.32 Å². The highest BCUT2D eigenvalue weighted by Gasteiger charge is 2.12. The highest BCUT2D eigenvalue weighted by atomic mass is 127. The van der Waals surface area contributed by atoms with Crippen molar-refractivity contribution < 1.29 is 67.0 Å². The van der Waals surface area contributed by atoms with Gasteiger partial charge in [0.25, 0.3) is 5.91 Å². The number of nitrogens with zero attached hydrogens (tertiary/aromatic N) is 3. The molecule has 2 N–H and O–H groups in total. The Morgan fingerprint density at radius 3 is 2.59 bits per heavy atom. The Kier molecular flexibility index (Phi) is 12.0. The topological polar surface area (TPSA) is 65.6 Å². The first kappa shape index (κ1) is 23.8. The second-order valence-corrected chi connectivity index (χ2v) is 5.82. The van der Waals surface area contributed by atoms with Gasteiger partial charge in [-0.15, -0.1) is 0 Å². The molecule has 6 nitrogen and oxygen atoms in total. The first-order valence-corrected chi connectivity index (χ1v) is 6.59. The van der Waals surface area contributed by atoms with E-state index in [-0.39, 0.29) is 53.9 Å². The number of hydrogen-bond acceptors (Lipinski definition) is 3. The summed E-state index contributed by atoms with van der Waals surface area (Å²) in [6.45, 7) is 1.66. The van der Waals surface area contributed by atoms with E-state index < -0.39 is 0 Å². The van der Waals surface area contributed by atoms with Crippen LogP contribution in [0.25, 0.3) is 0 Å². The van der Waals surface area contributed by atoms with E-state index in [1.807, 2.05) is 7.05 Å². The zero-order chi connectivity index (χ0) is 15.2. The van der Waals surface area contributed by atoms with Crippen LogP contribution in [0.4, 0.5) is 0 Å². The quantitative estimate of drug-likeness (QED) is 0.0728. The number of carbonyl (C=O) groups excluding carboxylic acids is 1. The van der Waals surface area contributed by atoms with Crippen LogP contribution in [0.15, 0.2) is 23.5 Å². The second kappa shape index (κ2) is 11.1. The van der Waals surface area contributed by atoms with Crippen molar-refractivity contribution in [3.05, 3.63) is 29.6 Å². The van der Waals surface area contributed by atoms with Crippen LogP contribution in [0.2, 0.25) is 0 Å². The summed E-state index contributed by atoms with van der Waals surface area (Å²) in [4.78, 5) is 12.0. The molecule has 0 aliphatic heterocycles. The molecule has 126 valence electrons. The Bertz CT molecular complexity index is 502. The molecule has 1 rings (SSSR count). The fourth-order valence-electron chi connectivity index (χ4n) is 1.77. The van der Waals surface area contributed by atoms with E-state index >= 15 is 0 Å². The van der Waals surface area contributed by atoms with E-state index in [1.165, 1.54) is 6.21 Å². The highest BCUT2D eigenvalue weighted by Crippen LogP contribution is 1.99. The number of rotatable bonds is 6. The smallest absolute Gasteiger partial charge is 0.251 e. The van der Waals surface area contributed by atoms with Crippen LogP contribution in [-0.2, 0) is 7.05 Å². The van der Waals surface area contributed by atoms with Gasteiger partial charge in [-0.3, -0.25) is 4.79 Å². The molecular formula is C14H24I2N4O2. The van der Waals surface area contributed by atoms with E-state index in [2.05, 4.69) is 31.6 Å². The normalized spacial score (nSPS) is 10.7. The number of hydrogen-bond donors (Lipinski definition) is 2. The SMILES string of the molecule is C[n+]1ccc(C(=O)NCCC[N+](C)(C)C)cc1/C=N/O.[I-].[I-]. The minimum absolute atomic E-state index is 0. The van der Waals surface area contributed by atoms with Crippen LogP contribution in [0.1, 0.15) is 22.5 Å². The fraction of sp³-hybridized carbons (Fsp3) is 0.500. The fourth-order valence-corrected chi connectivity index (χ4v) is 1.77. The third-order valence-electron chi connectivity index (χ3n) is 2.93. The van der Waals surface area contributed by atoms with Crippen LogP contribution >= 0.6 is 0 Å². The molecule has 0 saturated carbocycles. The number of aromatic nitrogens is 1. The van der Waals surface area contributed by atoms with Gasteiger partial charge >= 0.3 is 0 Å². The Morgan fingerprint density at radius 1 is 1.41 bits per heavy atom. The van der Waals surface area contributed by atoms with E-state index in [0.29, 0.717) is 17.8 Å². The number of halogens is 2. The highest BCUT2D eigenvalue weighted by molar-refractivity contribution is 5.95. The standard InChI is InChI=1S/C14H22N4O2.2HI/c1-17-8-6-12(10-13(17)11-16-20)14(19)15-7-5-9-18(2,3)4;;/h6,8,10-11H,5,7,9H2,1-4H3;2*1H. The minimum atomic E-state index is -0.111. The Labute approximate surface area is 166 Å². The molecule has 1 aromatic heterocycles. The van der Waals surface area contributed by atoms with Crippen molar-refractivity contribution in [1.29, 1.82) is 0 Å². The van der Waals surface area contributed by atoms with Crippen LogP contribution < -0.4 is 57.8 Å². The summed E-state index contributed by atoms with van der Waals surface area (Å²) in [5, 5.41) is 14.5. The maximum absolute atomic E-state index is 12.0. The summed E-state index contributed by atoms with van der Waals surface area (Å²) in [5.41, 5.74) is 1.22. The van der Waals surface area contributed by atoms with Gasteiger partial charge in [0, 0.05) is 25.1 Å². The molecule has 0 radical (unpaired) electrons. The molecule has 0 aliphatic rings. The first-order chi connectivity index (χ1) is 9.33. The summed E-state index contributed by atoms with van der Waals surface area (Å²) in [7, 11) is 8.19. The summed E-state index contributed by atoms with van der Waals surface area (Å²) >= 11 is 0. The Morgan fingerprint density at radius 2 is 2.05 bits per heavy atom. The van der Waals surface area contributed by atoms with Crippen molar-refractivity contribution in [2.45, 2.75) is 6.42 Å². The van der Waals surface area contributed by atoms with Crippen molar-refractivity contribution in [3.8, 4) is 0 Å². The molecule has 0 saturated heterocycles. The van der Waals surface area contributed by atoms with Gasteiger partial charge in [-0.05, 0) is 0 Å². The predicted octanol–water partition coefficient (Wildman–Crippen LogP) is -5.85. The third kappa shape index (κ3) is 8.83. The molecule has 0 unspecified atom stereocenters. The van der Waals surface area contributed by atoms with Gasteiger partial charge in [-0.1, -0.05) is 5.16 Å². The molecule has 0 fully saturated rings. The van der Waals surface area contributed by atoms with E-state index in [1.54, 1.807) is 22.9 Å². The van der Waals surface area contributed by atoms with E-state index in [9.17, 15) is 4.79 Å². The lowest BCUT2D eigenvalue weighted by molar-refractivity contribution is -0.870. The lowest BCUT2D eigenvalue weighted by atomic mass is 10.2. The van der Waals surface area contributed by atoms with E-state index in [0.717, 1.165) is 17.4 Å². The van der Waals surface area contributed by atoms with E-state index in [4.69, 9.17) is 5.21 Å². The number of oxime groups is 1. The van der Waals surface area contributed by atoms with Gasteiger partial charge in [0.15, 0.2) is 6.20 Å². The zero-order valence-corrected chi connectivity index (χ0v) is 17.7. The van der Waals surface area contributed by atoms with Gasteiger partial charge in [-0.25, -0.2) is 4.57 Å². The number of quaternary nitrogens is 1. The van der Waals surface area contributed by atoms with Gasteiger partial charge in [0.05, 0.1) is 33.3 Å². The van der Waals surface area contributed by atoms with Gasteiger partial charge in [0.1, 0.15) is 13.3 Å². The van der Waals surface area contributed by atoms with Crippen molar-refractivity contribution in [2.24, 2.45) is 12.2 Å². The molecule has 0 atom stereocenters. The molecule has 8 heteroatoms. The molecule has 0 bridgehead atoms. The number of amides is 1. The van der Waals surface area contributed by atoms with Gasteiger partial charge in [-0.2, -0.15) is 0 Å². The molecule has 0 spiro atoms. The average molecular weight is 534 g/mol. The lowest BCUT2D eigenvalue weighted by Gasteiger charge is -2.23. The number of aryl methyl sites for hydroxylation is 1. The van der Waals surface area contributed by atoms with Crippen molar-refractivity contribution in [3.63, 3.8) is 0 Å². The summed E-state index contributed by atoms with van der Waals surface area (Å²) < 4.78 is 2.65. The zero-order valence-electron chi connectivity index (χ0n) is 13.4. The summed E-state index contributed by atoms with van der Waals surface area (Å²) in [5.74, 6) is -0.111. The molecule has 1 aromatic rings. The monoisotopic (exact) mass is 534 g/mol. The molecular weight excluding hydrogens is 510 g/mol. The Hall–Kier alpha value is -0.490. The Balaban J connectivity index is 0. The van der Waals surface area contributed by atoms with Crippen LogP contribution in [0, 0.1) is 0 Å². The van der Waals surface area contributed by atoms with Crippen LogP contribution in [-0.4, -0.2) is 56.0 Å². The maximum atomic E-state index is 12.0. The van der Waals surface area contributed by atoms with Crippen LogP contribution in [0.3, 0.4) is 0 Å². The third-order valence-corrected chi connectivity index (χ3v) is 2.93. The van der Waals surface area contributed by atoms with Gasteiger partial charge in [0.2, 0.25) is 5.69 Å². The maximum Gasteiger partial charge on any atom is 0.251 e. The number of carbonyl (C=O) groups is 1. The molecule has 22 heavy (non-hydrogen) atoms. The molecule has 1 heterocycles.